The molecule has 0 saturated heterocycles. The Morgan fingerprint density at radius 2 is 1.50 bits per heavy atom. The van der Waals surface area contributed by atoms with Crippen molar-refractivity contribution in [3.63, 3.8) is 0 Å². The second kappa shape index (κ2) is 10.2. The number of carboxylic acids is 1. The summed E-state index contributed by atoms with van der Waals surface area (Å²) in [4.78, 5) is 36.5. The van der Waals surface area contributed by atoms with Crippen molar-refractivity contribution in [2.75, 3.05) is 11.9 Å². The number of carboxylic acid groups (broad SMARTS) is 1. The van der Waals surface area contributed by atoms with Gasteiger partial charge in [0.15, 0.2) is 0 Å². The summed E-state index contributed by atoms with van der Waals surface area (Å²) in [6.45, 7) is 2.09. The maximum atomic E-state index is 12.7. The number of rotatable bonds is 8. The molecule has 0 aromatic heterocycles. The van der Waals surface area contributed by atoms with Crippen molar-refractivity contribution in [1.82, 2.24) is 5.32 Å². The fourth-order valence-corrected chi connectivity index (χ4v) is 4.22. The number of carbonyl (C=O) groups excluding carboxylic acids is 2. The molecule has 0 bridgehead atoms. The SMILES string of the molecule is CCc1ccc(NC(=O)C(CC(=O)O)NC(=O)OCC2c3ccccc3-c3ccccc32)cc1. The standard InChI is InChI=1S/C27H26N2O5/c1-2-17-11-13-18(14-12-17)28-26(32)24(15-25(30)31)29-27(33)34-16-23-21-9-5-3-7-19(21)20-8-4-6-10-22(20)23/h3-14,23-24H,2,15-16H2,1H3,(H,28,32)(H,29,33)(H,30,31). The van der Waals surface area contributed by atoms with E-state index in [1.54, 1.807) is 12.1 Å². The summed E-state index contributed by atoms with van der Waals surface area (Å²) < 4.78 is 5.46. The normalized spacial score (nSPS) is 12.9. The molecule has 0 radical (unpaired) electrons. The van der Waals surface area contributed by atoms with E-state index < -0.39 is 30.4 Å². The van der Waals surface area contributed by atoms with Crippen LogP contribution in [0.15, 0.2) is 72.8 Å². The van der Waals surface area contributed by atoms with Crippen molar-refractivity contribution in [2.45, 2.75) is 31.7 Å². The zero-order valence-electron chi connectivity index (χ0n) is 18.8. The molecule has 3 aromatic carbocycles. The Morgan fingerprint density at radius 1 is 0.912 bits per heavy atom. The molecule has 1 aliphatic rings. The largest absolute Gasteiger partial charge is 0.481 e. The van der Waals surface area contributed by atoms with Crippen LogP contribution in [-0.2, 0) is 20.7 Å². The van der Waals surface area contributed by atoms with Crippen molar-refractivity contribution in [2.24, 2.45) is 0 Å². The van der Waals surface area contributed by atoms with Crippen LogP contribution in [-0.4, -0.2) is 35.7 Å². The van der Waals surface area contributed by atoms with E-state index in [0.29, 0.717) is 5.69 Å². The number of hydrogen-bond donors (Lipinski definition) is 3. The van der Waals surface area contributed by atoms with Crippen LogP contribution in [0, 0.1) is 0 Å². The highest BCUT2D eigenvalue weighted by molar-refractivity contribution is 5.98. The average Bonchev–Trinajstić information content (AvgIpc) is 3.16. The molecule has 174 valence electrons. The molecular formula is C27H26N2O5. The summed E-state index contributed by atoms with van der Waals surface area (Å²) in [5, 5.41) is 14.3. The topological polar surface area (TPSA) is 105 Å². The van der Waals surface area contributed by atoms with E-state index in [1.807, 2.05) is 67.6 Å². The molecule has 1 unspecified atom stereocenters. The number of fused-ring (bicyclic) bond motifs is 3. The third-order valence-electron chi connectivity index (χ3n) is 5.96. The first-order valence-electron chi connectivity index (χ1n) is 11.2. The number of aryl methyl sites for hydroxylation is 1. The maximum Gasteiger partial charge on any atom is 0.407 e. The van der Waals surface area contributed by atoms with E-state index in [-0.39, 0.29) is 12.5 Å². The van der Waals surface area contributed by atoms with Gasteiger partial charge in [-0.1, -0.05) is 67.6 Å². The minimum atomic E-state index is -1.28. The Hall–Kier alpha value is -4.13. The molecule has 1 aliphatic carbocycles. The third-order valence-corrected chi connectivity index (χ3v) is 5.96. The molecule has 34 heavy (non-hydrogen) atoms. The summed E-state index contributed by atoms with van der Waals surface area (Å²) in [5.41, 5.74) is 5.95. The van der Waals surface area contributed by atoms with Crippen molar-refractivity contribution in [1.29, 1.82) is 0 Å². The molecule has 3 aromatic rings. The first-order chi connectivity index (χ1) is 16.5. The van der Waals surface area contributed by atoms with Gasteiger partial charge in [0.25, 0.3) is 0 Å². The Bertz CT molecular complexity index is 1160. The van der Waals surface area contributed by atoms with Crippen LogP contribution in [0.3, 0.4) is 0 Å². The number of nitrogens with one attached hydrogen (secondary N) is 2. The molecule has 7 heteroatoms. The minimum absolute atomic E-state index is 0.0692. The van der Waals surface area contributed by atoms with Crippen LogP contribution >= 0.6 is 0 Å². The fourth-order valence-electron chi connectivity index (χ4n) is 4.22. The number of carbonyl (C=O) groups is 3. The Morgan fingerprint density at radius 3 is 2.06 bits per heavy atom. The molecule has 0 fully saturated rings. The first-order valence-corrected chi connectivity index (χ1v) is 11.2. The highest BCUT2D eigenvalue weighted by Crippen LogP contribution is 2.44. The number of benzene rings is 3. The summed E-state index contributed by atoms with van der Waals surface area (Å²) in [7, 11) is 0. The predicted molar refractivity (Wildman–Crippen MR) is 129 cm³/mol. The zero-order chi connectivity index (χ0) is 24.1. The number of ether oxygens (including phenoxy) is 1. The van der Waals surface area contributed by atoms with Crippen LogP contribution in [0.4, 0.5) is 10.5 Å². The van der Waals surface area contributed by atoms with Crippen molar-refractivity contribution in [3.8, 4) is 11.1 Å². The molecule has 2 amide bonds. The summed E-state index contributed by atoms with van der Waals surface area (Å²) in [6, 6.07) is 21.9. The van der Waals surface area contributed by atoms with E-state index in [0.717, 1.165) is 34.2 Å². The van der Waals surface area contributed by atoms with Crippen LogP contribution in [0.5, 0.6) is 0 Å². The molecule has 4 rings (SSSR count). The van der Waals surface area contributed by atoms with Crippen molar-refractivity contribution in [3.05, 3.63) is 89.5 Å². The lowest BCUT2D eigenvalue weighted by atomic mass is 9.98. The minimum Gasteiger partial charge on any atom is -0.481 e. The Labute approximate surface area is 197 Å². The second-order valence-corrected chi connectivity index (χ2v) is 8.16. The van der Waals surface area contributed by atoms with Crippen LogP contribution in [0.2, 0.25) is 0 Å². The number of amides is 2. The molecule has 0 aliphatic heterocycles. The molecule has 0 saturated carbocycles. The quantitative estimate of drug-likeness (QED) is 0.459. The van der Waals surface area contributed by atoms with Crippen LogP contribution in [0.25, 0.3) is 11.1 Å². The number of anilines is 1. The van der Waals surface area contributed by atoms with Crippen LogP contribution in [0.1, 0.15) is 36.0 Å². The molecule has 7 nitrogen and oxygen atoms in total. The highest BCUT2D eigenvalue weighted by Gasteiger charge is 2.30. The van der Waals surface area contributed by atoms with Crippen molar-refractivity contribution >= 4 is 23.7 Å². The van der Waals surface area contributed by atoms with Gasteiger partial charge in [0.05, 0.1) is 6.42 Å². The van der Waals surface area contributed by atoms with E-state index in [9.17, 15) is 19.5 Å². The summed E-state index contributed by atoms with van der Waals surface area (Å²) in [5.74, 6) is -1.97. The maximum absolute atomic E-state index is 12.7. The fraction of sp³-hybridized carbons (Fsp3) is 0.222. The summed E-state index contributed by atoms with van der Waals surface area (Å²) >= 11 is 0. The van der Waals surface area contributed by atoms with Gasteiger partial charge in [0, 0.05) is 11.6 Å². The van der Waals surface area contributed by atoms with Gasteiger partial charge in [-0.15, -0.1) is 0 Å². The Balaban J connectivity index is 1.41. The van der Waals surface area contributed by atoms with Gasteiger partial charge in [0.2, 0.25) is 5.91 Å². The van der Waals surface area contributed by atoms with E-state index in [1.165, 1.54) is 0 Å². The average molecular weight is 459 g/mol. The third kappa shape index (κ3) is 5.09. The van der Waals surface area contributed by atoms with Gasteiger partial charge in [-0.3, -0.25) is 9.59 Å². The first kappa shape index (κ1) is 23.0. The van der Waals surface area contributed by atoms with E-state index in [2.05, 4.69) is 10.6 Å². The van der Waals surface area contributed by atoms with Crippen molar-refractivity contribution < 1.29 is 24.2 Å². The zero-order valence-corrected chi connectivity index (χ0v) is 18.8. The lowest BCUT2D eigenvalue weighted by Gasteiger charge is -2.19. The van der Waals surface area contributed by atoms with E-state index in [4.69, 9.17) is 4.74 Å². The lowest BCUT2D eigenvalue weighted by Crippen LogP contribution is -2.45. The number of alkyl carbamates (subject to hydrolysis) is 1. The number of aliphatic carboxylic acids is 1. The molecule has 0 heterocycles. The van der Waals surface area contributed by atoms with Crippen LogP contribution < -0.4 is 10.6 Å². The molecule has 1 atom stereocenters. The Kier molecular flexibility index (Phi) is 6.92. The molecule has 0 spiro atoms. The van der Waals surface area contributed by atoms with E-state index >= 15 is 0 Å². The lowest BCUT2D eigenvalue weighted by molar-refractivity contribution is -0.139. The predicted octanol–water partition coefficient (Wildman–Crippen LogP) is 4.57. The van der Waals surface area contributed by atoms with Gasteiger partial charge in [-0.05, 0) is 46.4 Å². The van der Waals surface area contributed by atoms with Gasteiger partial charge in [-0.25, -0.2) is 4.79 Å². The van der Waals surface area contributed by atoms with Gasteiger partial charge < -0.3 is 20.5 Å². The monoisotopic (exact) mass is 458 g/mol. The molecule has 3 N–H and O–H groups in total. The smallest absolute Gasteiger partial charge is 0.407 e. The second-order valence-electron chi connectivity index (χ2n) is 8.16. The molecular weight excluding hydrogens is 432 g/mol. The van der Waals surface area contributed by atoms with Gasteiger partial charge in [-0.2, -0.15) is 0 Å². The highest BCUT2D eigenvalue weighted by atomic mass is 16.5. The van der Waals surface area contributed by atoms with Gasteiger partial charge >= 0.3 is 12.1 Å². The van der Waals surface area contributed by atoms with Gasteiger partial charge in [0.1, 0.15) is 12.6 Å². The summed E-state index contributed by atoms with van der Waals surface area (Å²) in [6.07, 6.45) is -0.549. The number of hydrogen-bond acceptors (Lipinski definition) is 4.